The molecule has 156 valence electrons. The Morgan fingerprint density at radius 3 is 2.61 bits per heavy atom. The number of likely N-dealkylation sites (N-methyl/N-ethyl adjacent to an activating group) is 1. The van der Waals surface area contributed by atoms with Gasteiger partial charge in [-0.1, -0.05) is 0 Å². The molecule has 3 heterocycles. The van der Waals surface area contributed by atoms with Crippen molar-refractivity contribution in [2.24, 2.45) is 10.9 Å². The Labute approximate surface area is 167 Å². The van der Waals surface area contributed by atoms with Crippen LogP contribution in [0.4, 0.5) is 4.79 Å². The summed E-state index contributed by atoms with van der Waals surface area (Å²) in [6, 6.07) is 0. The molecule has 0 bridgehead atoms. The largest absolute Gasteiger partial charge is 0.479 e. The van der Waals surface area contributed by atoms with E-state index in [-0.39, 0.29) is 11.7 Å². The number of ether oxygens (including phenoxy) is 2. The van der Waals surface area contributed by atoms with E-state index in [0.29, 0.717) is 19.1 Å². The highest BCUT2D eigenvalue weighted by atomic mass is 16.6. The summed E-state index contributed by atoms with van der Waals surface area (Å²) in [5.74, 6) is 2.42. The highest BCUT2D eigenvalue weighted by Gasteiger charge is 2.43. The summed E-state index contributed by atoms with van der Waals surface area (Å²) in [6.07, 6.45) is 5.67. The van der Waals surface area contributed by atoms with Gasteiger partial charge in [-0.25, -0.2) is 9.79 Å². The van der Waals surface area contributed by atoms with Crippen molar-refractivity contribution in [1.82, 2.24) is 20.0 Å². The number of nitrogens with zero attached hydrogens (tertiary/aromatic N) is 4. The third-order valence-electron chi connectivity index (χ3n) is 6.17. The van der Waals surface area contributed by atoms with Crippen molar-refractivity contribution in [2.45, 2.75) is 38.2 Å². The molecule has 0 aromatic rings. The molecule has 0 atom stereocenters. The molecule has 8 nitrogen and oxygen atoms in total. The van der Waals surface area contributed by atoms with Crippen LogP contribution in [0.15, 0.2) is 17.0 Å². The highest BCUT2D eigenvalue weighted by Crippen LogP contribution is 2.39. The molecular weight excluding hydrogens is 358 g/mol. The van der Waals surface area contributed by atoms with Gasteiger partial charge in [0.1, 0.15) is 11.4 Å². The zero-order valence-electron chi connectivity index (χ0n) is 17.2. The summed E-state index contributed by atoms with van der Waals surface area (Å²) in [7, 11) is 2.09. The number of hydrogen-bond acceptors (Lipinski definition) is 7. The maximum Gasteiger partial charge on any atom is 0.410 e. The fourth-order valence-corrected chi connectivity index (χ4v) is 3.90. The van der Waals surface area contributed by atoms with Crippen LogP contribution in [0.1, 0.15) is 32.6 Å². The summed E-state index contributed by atoms with van der Waals surface area (Å²) < 4.78 is 11.6. The van der Waals surface area contributed by atoms with Gasteiger partial charge in [-0.3, -0.25) is 0 Å². The van der Waals surface area contributed by atoms with Gasteiger partial charge in [0, 0.05) is 46.3 Å². The van der Waals surface area contributed by atoms with Crippen LogP contribution < -0.4 is 5.32 Å². The zero-order chi connectivity index (χ0) is 19.6. The Hall–Kier alpha value is -1.96. The number of aliphatic imine (C=N–C) groups is 1. The van der Waals surface area contributed by atoms with Crippen molar-refractivity contribution in [3.05, 3.63) is 12.0 Å². The van der Waals surface area contributed by atoms with E-state index < -0.39 is 0 Å². The van der Waals surface area contributed by atoms with Crippen LogP contribution >= 0.6 is 0 Å². The first-order chi connectivity index (χ1) is 13.5. The van der Waals surface area contributed by atoms with E-state index in [1.165, 1.54) is 5.82 Å². The van der Waals surface area contributed by atoms with Crippen LogP contribution in [0, 0.1) is 5.92 Å². The SMILES string of the molecule is CN1CC(OCC2CCN(C(=O)OC3(C)CC3)CC2)=NC=C1N1CCNCC1. The maximum atomic E-state index is 12.2. The molecule has 2 saturated heterocycles. The quantitative estimate of drug-likeness (QED) is 0.782. The molecule has 8 heteroatoms. The lowest BCUT2D eigenvalue weighted by Gasteiger charge is -2.37. The van der Waals surface area contributed by atoms with Gasteiger partial charge in [0.15, 0.2) is 0 Å². The van der Waals surface area contributed by atoms with E-state index >= 15 is 0 Å². The number of piperidine rings is 1. The number of likely N-dealkylation sites (tertiary alicyclic amines) is 1. The highest BCUT2D eigenvalue weighted by molar-refractivity contribution is 5.80. The molecule has 0 radical (unpaired) electrons. The number of piperazine rings is 1. The fourth-order valence-electron chi connectivity index (χ4n) is 3.90. The number of carbonyl (C=O) groups excluding carboxylic acids is 1. The van der Waals surface area contributed by atoms with Crippen LogP contribution in [-0.2, 0) is 9.47 Å². The molecule has 4 aliphatic rings. The van der Waals surface area contributed by atoms with Gasteiger partial charge >= 0.3 is 6.09 Å². The molecule has 28 heavy (non-hydrogen) atoms. The average molecular weight is 392 g/mol. The minimum absolute atomic E-state index is 0.150. The van der Waals surface area contributed by atoms with E-state index in [9.17, 15) is 4.79 Å². The van der Waals surface area contributed by atoms with Crippen molar-refractivity contribution in [3.8, 4) is 0 Å². The molecule has 0 spiro atoms. The van der Waals surface area contributed by atoms with Gasteiger partial charge in [-0.2, -0.15) is 0 Å². The van der Waals surface area contributed by atoms with Crippen LogP contribution in [0.5, 0.6) is 0 Å². The third-order valence-corrected chi connectivity index (χ3v) is 6.17. The number of nitrogens with one attached hydrogen (secondary N) is 1. The van der Waals surface area contributed by atoms with E-state index in [0.717, 1.165) is 70.8 Å². The summed E-state index contributed by atoms with van der Waals surface area (Å²) >= 11 is 0. The Balaban J connectivity index is 1.20. The van der Waals surface area contributed by atoms with Crippen molar-refractivity contribution < 1.29 is 14.3 Å². The van der Waals surface area contributed by atoms with Crippen molar-refractivity contribution in [3.63, 3.8) is 0 Å². The molecular formula is C20H33N5O3. The van der Waals surface area contributed by atoms with E-state index in [1.807, 2.05) is 18.0 Å². The molecule has 0 aromatic carbocycles. The number of rotatable bonds is 4. The Kier molecular flexibility index (Phi) is 5.66. The lowest BCUT2D eigenvalue weighted by atomic mass is 9.98. The predicted molar refractivity (Wildman–Crippen MR) is 107 cm³/mol. The third kappa shape index (κ3) is 4.71. The normalized spacial score (nSPS) is 25.1. The van der Waals surface area contributed by atoms with E-state index in [4.69, 9.17) is 9.47 Å². The molecule has 0 aromatic heterocycles. The van der Waals surface area contributed by atoms with Gasteiger partial charge in [0.2, 0.25) is 5.90 Å². The molecule has 1 N–H and O–H groups in total. The minimum Gasteiger partial charge on any atom is -0.479 e. The Bertz CT molecular complexity index is 632. The topological polar surface area (TPSA) is 69.6 Å². The molecule has 4 rings (SSSR count). The standard InChI is InChI=1S/C20H33N5O3/c1-20(5-6-20)28-19(26)25-9-3-16(4-10-25)15-27-17-14-23(2)18(13-22-17)24-11-7-21-8-12-24/h13,16,21H,3-12,14-15H2,1-2H3. The molecule has 1 aliphatic carbocycles. The Morgan fingerprint density at radius 1 is 1.25 bits per heavy atom. The van der Waals surface area contributed by atoms with E-state index in [1.54, 1.807) is 0 Å². The summed E-state index contributed by atoms with van der Waals surface area (Å²) in [4.78, 5) is 23.2. The number of carbonyl (C=O) groups is 1. The van der Waals surface area contributed by atoms with Gasteiger partial charge in [-0.05, 0) is 38.5 Å². The second-order valence-corrected chi connectivity index (χ2v) is 8.66. The lowest BCUT2D eigenvalue weighted by Crippen LogP contribution is -2.47. The Morgan fingerprint density at radius 2 is 1.96 bits per heavy atom. The van der Waals surface area contributed by atoms with Crippen LogP contribution in [0.2, 0.25) is 0 Å². The number of hydrogen-bond donors (Lipinski definition) is 1. The van der Waals surface area contributed by atoms with Crippen molar-refractivity contribution >= 4 is 12.0 Å². The zero-order valence-corrected chi connectivity index (χ0v) is 17.2. The first-order valence-corrected chi connectivity index (χ1v) is 10.6. The second kappa shape index (κ2) is 8.19. The first kappa shape index (κ1) is 19.4. The lowest BCUT2D eigenvalue weighted by molar-refractivity contribution is 0.0448. The first-order valence-electron chi connectivity index (χ1n) is 10.6. The van der Waals surface area contributed by atoms with Crippen molar-refractivity contribution in [2.75, 3.05) is 59.5 Å². The minimum atomic E-state index is -0.195. The molecule has 0 unspecified atom stereocenters. The second-order valence-electron chi connectivity index (χ2n) is 8.66. The summed E-state index contributed by atoms with van der Waals surface area (Å²) in [6.45, 7) is 8.96. The summed E-state index contributed by atoms with van der Waals surface area (Å²) in [5, 5.41) is 3.38. The molecule has 3 aliphatic heterocycles. The van der Waals surface area contributed by atoms with Crippen molar-refractivity contribution in [1.29, 1.82) is 0 Å². The molecule has 1 amide bonds. The molecule has 3 fully saturated rings. The van der Waals surface area contributed by atoms with Gasteiger partial charge in [0.25, 0.3) is 0 Å². The molecule has 1 saturated carbocycles. The van der Waals surface area contributed by atoms with Gasteiger partial charge in [0.05, 0.1) is 19.4 Å². The average Bonchev–Trinajstić information content (AvgIpc) is 3.44. The fraction of sp³-hybridized carbons (Fsp3) is 0.800. The van der Waals surface area contributed by atoms with Gasteiger partial charge < -0.3 is 29.5 Å². The number of amides is 1. The van der Waals surface area contributed by atoms with Crippen LogP contribution in [0.3, 0.4) is 0 Å². The van der Waals surface area contributed by atoms with Crippen LogP contribution in [-0.4, -0.2) is 91.8 Å². The van der Waals surface area contributed by atoms with Gasteiger partial charge in [-0.15, -0.1) is 0 Å². The monoisotopic (exact) mass is 391 g/mol. The van der Waals surface area contributed by atoms with Crippen LogP contribution in [0.25, 0.3) is 0 Å². The predicted octanol–water partition coefficient (Wildman–Crippen LogP) is 1.45. The smallest absolute Gasteiger partial charge is 0.410 e. The maximum absolute atomic E-state index is 12.2. The summed E-state index contributed by atoms with van der Waals surface area (Å²) in [5.41, 5.74) is -0.195. The van der Waals surface area contributed by atoms with E-state index in [2.05, 4.69) is 27.2 Å².